The van der Waals surface area contributed by atoms with Crippen molar-refractivity contribution in [3.05, 3.63) is 170 Å². The maximum atomic E-state index is 6.84. The number of fused-ring (bicyclic) bond motifs is 10. The lowest BCUT2D eigenvalue weighted by Gasteiger charge is -2.13. The highest BCUT2D eigenvalue weighted by molar-refractivity contribution is 6.17. The number of benzene rings is 8. The van der Waals surface area contributed by atoms with Gasteiger partial charge in [-0.2, -0.15) is 0 Å². The SMILES string of the molecule is c1ccc2cc(-c3nc(-c4cccc5oc6ccccc6c45)nc(-c4ccc(-n5c6ccccc6c6ccccc65)c5oc6ccccc6c45)n3)ccc2c1. The van der Waals surface area contributed by atoms with Gasteiger partial charge in [-0.25, -0.2) is 15.0 Å². The Morgan fingerprint density at radius 2 is 0.945 bits per heavy atom. The minimum Gasteiger partial charge on any atom is -0.456 e. The smallest absolute Gasteiger partial charge is 0.164 e. The van der Waals surface area contributed by atoms with Crippen LogP contribution >= 0.6 is 0 Å². The van der Waals surface area contributed by atoms with E-state index >= 15 is 0 Å². The Kier molecular flexibility index (Phi) is 6.24. The fraction of sp³-hybridized carbons (Fsp3) is 0. The fourth-order valence-electron chi connectivity index (χ4n) is 8.39. The Morgan fingerprint density at radius 1 is 0.382 bits per heavy atom. The molecule has 6 heteroatoms. The summed E-state index contributed by atoms with van der Waals surface area (Å²) >= 11 is 0. The minimum atomic E-state index is 0.559. The first-order valence-corrected chi connectivity index (χ1v) is 18.4. The van der Waals surface area contributed by atoms with Crippen LogP contribution in [-0.2, 0) is 0 Å². The van der Waals surface area contributed by atoms with E-state index in [4.69, 9.17) is 23.8 Å². The summed E-state index contributed by atoms with van der Waals surface area (Å²) in [5.74, 6) is 1.71. The van der Waals surface area contributed by atoms with Crippen molar-refractivity contribution in [3.8, 4) is 39.9 Å². The Bertz CT molecular complexity index is 3460. The lowest BCUT2D eigenvalue weighted by molar-refractivity contribution is 0.666. The Balaban J connectivity index is 1.17. The topological polar surface area (TPSA) is 69.9 Å². The van der Waals surface area contributed by atoms with Gasteiger partial charge in [0.15, 0.2) is 23.1 Å². The number of rotatable bonds is 4. The number of nitrogens with zero attached hydrogens (tertiary/aromatic N) is 4. The van der Waals surface area contributed by atoms with E-state index in [-0.39, 0.29) is 0 Å². The first kappa shape index (κ1) is 29.9. The molecule has 0 radical (unpaired) electrons. The van der Waals surface area contributed by atoms with Crippen molar-refractivity contribution in [1.29, 1.82) is 0 Å². The van der Waals surface area contributed by atoms with Gasteiger partial charge < -0.3 is 13.4 Å². The molecular formula is C49H28N4O2. The largest absolute Gasteiger partial charge is 0.456 e. The zero-order valence-corrected chi connectivity index (χ0v) is 29.3. The van der Waals surface area contributed by atoms with Crippen LogP contribution in [0.5, 0.6) is 0 Å². The maximum absolute atomic E-state index is 6.84. The average molecular weight is 705 g/mol. The Labute approximate surface area is 313 Å². The van der Waals surface area contributed by atoms with Gasteiger partial charge in [0.25, 0.3) is 0 Å². The molecule has 0 atom stereocenters. The van der Waals surface area contributed by atoms with Crippen LogP contribution < -0.4 is 0 Å². The third-order valence-corrected chi connectivity index (χ3v) is 10.9. The number of para-hydroxylation sites is 4. The van der Waals surface area contributed by atoms with Gasteiger partial charge in [0.1, 0.15) is 16.7 Å². The number of hydrogen-bond acceptors (Lipinski definition) is 5. The monoisotopic (exact) mass is 704 g/mol. The molecule has 0 fully saturated rings. The number of aromatic nitrogens is 4. The molecule has 0 aliphatic rings. The molecule has 4 aromatic heterocycles. The Hall–Kier alpha value is -7.57. The van der Waals surface area contributed by atoms with Crippen LogP contribution in [0.15, 0.2) is 179 Å². The molecule has 0 saturated carbocycles. The molecule has 0 bridgehead atoms. The van der Waals surface area contributed by atoms with Crippen LogP contribution in [0, 0.1) is 0 Å². The molecule has 55 heavy (non-hydrogen) atoms. The summed E-state index contributed by atoms with van der Waals surface area (Å²) in [6, 6.07) is 58.5. The van der Waals surface area contributed by atoms with Crippen molar-refractivity contribution >= 4 is 76.5 Å². The molecule has 0 unspecified atom stereocenters. The van der Waals surface area contributed by atoms with Crippen LogP contribution in [0.3, 0.4) is 0 Å². The van der Waals surface area contributed by atoms with Gasteiger partial charge in [-0.15, -0.1) is 0 Å². The first-order valence-electron chi connectivity index (χ1n) is 18.4. The van der Waals surface area contributed by atoms with Gasteiger partial charge in [0, 0.05) is 49.0 Å². The van der Waals surface area contributed by atoms with Crippen molar-refractivity contribution in [2.75, 3.05) is 0 Å². The maximum Gasteiger partial charge on any atom is 0.164 e. The number of furan rings is 2. The van der Waals surface area contributed by atoms with E-state index in [0.717, 1.165) is 88.1 Å². The van der Waals surface area contributed by atoms with Crippen molar-refractivity contribution < 1.29 is 8.83 Å². The molecule has 4 heterocycles. The van der Waals surface area contributed by atoms with E-state index in [1.807, 2.05) is 42.5 Å². The quantitative estimate of drug-likeness (QED) is 0.182. The zero-order chi connectivity index (χ0) is 36.0. The predicted molar refractivity (Wildman–Crippen MR) is 223 cm³/mol. The van der Waals surface area contributed by atoms with E-state index < -0.39 is 0 Å². The lowest BCUT2D eigenvalue weighted by Crippen LogP contribution is -2.01. The highest BCUT2D eigenvalue weighted by Gasteiger charge is 2.24. The molecular weight excluding hydrogens is 677 g/mol. The van der Waals surface area contributed by atoms with E-state index in [1.165, 1.54) is 10.8 Å². The van der Waals surface area contributed by atoms with Crippen LogP contribution in [0.2, 0.25) is 0 Å². The molecule has 256 valence electrons. The third-order valence-electron chi connectivity index (χ3n) is 10.9. The molecule has 0 aliphatic heterocycles. The second kappa shape index (κ2) is 11.5. The highest BCUT2D eigenvalue weighted by atomic mass is 16.3. The van der Waals surface area contributed by atoms with Crippen LogP contribution in [0.4, 0.5) is 0 Å². The van der Waals surface area contributed by atoms with Gasteiger partial charge in [0.05, 0.1) is 16.7 Å². The van der Waals surface area contributed by atoms with Crippen LogP contribution in [0.25, 0.3) is 116 Å². The fourth-order valence-corrected chi connectivity index (χ4v) is 8.39. The van der Waals surface area contributed by atoms with Crippen molar-refractivity contribution in [1.82, 2.24) is 19.5 Å². The summed E-state index contributed by atoms with van der Waals surface area (Å²) in [6.07, 6.45) is 0. The second-order valence-electron chi connectivity index (χ2n) is 13.9. The lowest BCUT2D eigenvalue weighted by atomic mass is 10.0. The standard InChI is InChI=1S/C49H28N4O2/c1-2-13-30-28-31(25-24-29(30)12-1)47-50-48(36-18-11-23-43-44(36)34-16-5-9-21-41(34)54-43)52-49(51-47)37-26-27-40(46-45(37)35-17-6-10-22-42(35)55-46)53-38-19-7-3-14-32(38)33-15-4-8-20-39(33)53/h1-28H. The normalized spacial score (nSPS) is 12.0. The first-order chi connectivity index (χ1) is 27.3. The molecule has 12 rings (SSSR count). The highest BCUT2D eigenvalue weighted by Crippen LogP contribution is 2.43. The Morgan fingerprint density at radius 3 is 1.69 bits per heavy atom. The zero-order valence-electron chi connectivity index (χ0n) is 29.3. The molecule has 8 aromatic carbocycles. The molecule has 0 aliphatic carbocycles. The molecule has 12 aromatic rings. The molecule has 0 N–H and O–H groups in total. The van der Waals surface area contributed by atoms with E-state index in [0.29, 0.717) is 17.5 Å². The summed E-state index contributed by atoms with van der Waals surface area (Å²) in [5, 5.41) is 8.58. The van der Waals surface area contributed by atoms with E-state index in [2.05, 4.69) is 132 Å². The van der Waals surface area contributed by atoms with Crippen LogP contribution in [0.1, 0.15) is 0 Å². The molecule has 0 amide bonds. The van der Waals surface area contributed by atoms with Gasteiger partial charge in [-0.1, -0.05) is 121 Å². The summed E-state index contributed by atoms with van der Waals surface area (Å²) in [6.45, 7) is 0. The van der Waals surface area contributed by atoms with E-state index in [1.54, 1.807) is 0 Å². The van der Waals surface area contributed by atoms with Gasteiger partial charge >= 0.3 is 0 Å². The minimum absolute atomic E-state index is 0.559. The second-order valence-corrected chi connectivity index (χ2v) is 13.9. The van der Waals surface area contributed by atoms with Gasteiger partial charge in [-0.3, -0.25) is 0 Å². The summed E-state index contributed by atoms with van der Waals surface area (Å²) < 4.78 is 15.5. The number of hydrogen-bond donors (Lipinski definition) is 0. The van der Waals surface area contributed by atoms with Gasteiger partial charge in [-0.05, 0) is 59.3 Å². The van der Waals surface area contributed by atoms with Crippen LogP contribution in [-0.4, -0.2) is 19.5 Å². The summed E-state index contributed by atoms with van der Waals surface area (Å²) in [4.78, 5) is 15.8. The van der Waals surface area contributed by atoms with Gasteiger partial charge in [0.2, 0.25) is 0 Å². The van der Waals surface area contributed by atoms with Crippen molar-refractivity contribution in [2.45, 2.75) is 0 Å². The van der Waals surface area contributed by atoms with E-state index in [9.17, 15) is 0 Å². The van der Waals surface area contributed by atoms with Crippen molar-refractivity contribution in [2.24, 2.45) is 0 Å². The molecule has 0 saturated heterocycles. The summed E-state index contributed by atoms with van der Waals surface area (Å²) in [5.41, 5.74) is 8.98. The molecule has 6 nitrogen and oxygen atoms in total. The summed E-state index contributed by atoms with van der Waals surface area (Å²) in [7, 11) is 0. The van der Waals surface area contributed by atoms with Crippen molar-refractivity contribution in [3.63, 3.8) is 0 Å². The third kappa shape index (κ3) is 4.46. The predicted octanol–water partition coefficient (Wildman–Crippen LogP) is 12.9. The molecule has 0 spiro atoms. The average Bonchev–Trinajstić information content (AvgIpc) is 3.93.